The Hall–Kier alpha value is -2.94. The maximum Gasteiger partial charge on any atom is 0.250 e. The fourth-order valence-electron chi connectivity index (χ4n) is 5.96. The van der Waals surface area contributed by atoms with Gasteiger partial charge in [-0.2, -0.15) is 0 Å². The topological polar surface area (TPSA) is 108 Å². The highest BCUT2D eigenvalue weighted by molar-refractivity contribution is 6.34. The van der Waals surface area contributed by atoms with Crippen LogP contribution in [0.15, 0.2) is 48.5 Å². The number of hydrogen-bond acceptors (Lipinski definition) is 5. The van der Waals surface area contributed by atoms with Crippen molar-refractivity contribution in [1.29, 1.82) is 0 Å². The molecule has 3 amide bonds. The smallest absolute Gasteiger partial charge is 0.250 e. The zero-order valence-electron chi connectivity index (χ0n) is 19.4. The maximum absolute atomic E-state index is 13.7. The highest BCUT2D eigenvalue weighted by Crippen LogP contribution is 2.58. The molecule has 8 nitrogen and oxygen atoms in total. The number of para-hydroxylation sites is 2. The molecular formula is C26H28ClN3O5. The van der Waals surface area contributed by atoms with Crippen LogP contribution in [0.2, 0.25) is 5.02 Å². The number of amides is 3. The molecule has 35 heavy (non-hydrogen) atoms. The lowest BCUT2D eigenvalue weighted by molar-refractivity contribution is -0.139. The van der Waals surface area contributed by atoms with E-state index in [9.17, 15) is 19.5 Å². The van der Waals surface area contributed by atoms with Crippen LogP contribution in [0.5, 0.6) is 0 Å². The van der Waals surface area contributed by atoms with E-state index < -0.39 is 35.5 Å². The number of likely N-dealkylation sites (tertiary alicyclic amines) is 1. The van der Waals surface area contributed by atoms with E-state index in [4.69, 9.17) is 16.3 Å². The van der Waals surface area contributed by atoms with Crippen molar-refractivity contribution < 1.29 is 24.2 Å². The second-order valence-corrected chi connectivity index (χ2v) is 9.85. The minimum Gasteiger partial charge on any atom is -0.396 e. The molecule has 2 bridgehead atoms. The Morgan fingerprint density at radius 2 is 1.91 bits per heavy atom. The molecule has 3 fully saturated rings. The Morgan fingerprint density at radius 3 is 2.63 bits per heavy atom. The maximum atomic E-state index is 13.7. The van der Waals surface area contributed by atoms with Crippen molar-refractivity contribution in [2.45, 2.75) is 43.9 Å². The summed E-state index contributed by atoms with van der Waals surface area (Å²) in [7, 11) is 0. The summed E-state index contributed by atoms with van der Waals surface area (Å²) >= 11 is 6.35. The molecule has 3 N–H and O–H groups in total. The number of nitrogens with one attached hydrogen (secondary N) is 2. The van der Waals surface area contributed by atoms with E-state index in [-0.39, 0.29) is 25.0 Å². The average molecular weight is 498 g/mol. The predicted molar refractivity (Wildman–Crippen MR) is 131 cm³/mol. The molecule has 3 saturated heterocycles. The third-order valence-electron chi connectivity index (χ3n) is 7.42. The SMILES string of the molecule is Cc1cccc(Cl)c1NC(=O)C1N(CCCO)C(=O)[C@@H]2[C@@H](C(=O)Nc3ccccc3)[C@H]3CCC12O3. The third kappa shape index (κ3) is 3.90. The monoisotopic (exact) mass is 497 g/mol. The molecule has 184 valence electrons. The molecule has 3 aliphatic rings. The van der Waals surface area contributed by atoms with Gasteiger partial charge in [-0.15, -0.1) is 0 Å². The van der Waals surface area contributed by atoms with E-state index >= 15 is 0 Å². The van der Waals surface area contributed by atoms with Gasteiger partial charge in [-0.3, -0.25) is 14.4 Å². The first kappa shape index (κ1) is 23.8. The molecule has 2 unspecified atom stereocenters. The van der Waals surface area contributed by atoms with Crippen molar-refractivity contribution >= 4 is 40.7 Å². The summed E-state index contributed by atoms with van der Waals surface area (Å²) in [5.41, 5.74) is 0.817. The molecular weight excluding hydrogens is 470 g/mol. The van der Waals surface area contributed by atoms with Gasteiger partial charge in [0.1, 0.15) is 11.6 Å². The Balaban J connectivity index is 1.47. The normalized spacial score (nSPS) is 28.8. The van der Waals surface area contributed by atoms with Crippen LogP contribution in [0.25, 0.3) is 0 Å². The number of aliphatic hydroxyl groups excluding tert-OH is 1. The Morgan fingerprint density at radius 1 is 1.14 bits per heavy atom. The van der Waals surface area contributed by atoms with Gasteiger partial charge < -0.3 is 25.4 Å². The van der Waals surface area contributed by atoms with E-state index in [1.165, 1.54) is 4.90 Å². The molecule has 1 spiro atoms. The largest absolute Gasteiger partial charge is 0.396 e. The number of aryl methyl sites for hydroxylation is 1. The van der Waals surface area contributed by atoms with Crippen molar-refractivity contribution in [3.63, 3.8) is 0 Å². The number of fused-ring (bicyclic) bond motifs is 1. The third-order valence-corrected chi connectivity index (χ3v) is 7.73. The lowest BCUT2D eigenvalue weighted by Crippen LogP contribution is -2.53. The van der Waals surface area contributed by atoms with Gasteiger partial charge in [-0.05, 0) is 49.9 Å². The molecule has 2 aromatic rings. The first-order valence-electron chi connectivity index (χ1n) is 11.9. The number of aliphatic hydroxyl groups is 1. The van der Waals surface area contributed by atoms with Crippen LogP contribution >= 0.6 is 11.6 Å². The van der Waals surface area contributed by atoms with Gasteiger partial charge in [-0.25, -0.2) is 0 Å². The van der Waals surface area contributed by atoms with Crippen LogP contribution in [0.4, 0.5) is 11.4 Å². The van der Waals surface area contributed by atoms with Gasteiger partial charge in [0, 0.05) is 18.8 Å². The molecule has 0 aliphatic carbocycles. The summed E-state index contributed by atoms with van der Waals surface area (Å²) in [5, 5.41) is 15.7. The number of ether oxygens (including phenoxy) is 1. The number of carbonyl (C=O) groups excluding carboxylic acids is 3. The standard InChI is InChI=1S/C26H28ClN3O5/c1-15-7-5-10-17(27)21(15)29-24(33)22-26-12-11-18(35-26)19(20(26)25(34)30(22)13-6-14-31)23(32)28-16-8-3-2-4-9-16/h2-5,7-10,18-20,22,31H,6,11-14H2,1H3,(H,28,32)(H,29,33)/t18-,19+,20+,22?,26?/m1/s1. The lowest BCUT2D eigenvalue weighted by Gasteiger charge is -2.33. The molecule has 0 saturated carbocycles. The molecule has 0 aromatic heterocycles. The first-order valence-corrected chi connectivity index (χ1v) is 12.3. The molecule has 5 rings (SSSR count). The van der Waals surface area contributed by atoms with Gasteiger partial charge in [0.25, 0.3) is 0 Å². The number of hydrogen-bond donors (Lipinski definition) is 3. The van der Waals surface area contributed by atoms with Crippen LogP contribution < -0.4 is 10.6 Å². The minimum atomic E-state index is -1.10. The van der Waals surface area contributed by atoms with E-state index in [2.05, 4.69) is 10.6 Å². The second kappa shape index (κ2) is 9.26. The van der Waals surface area contributed by atoms with Crippen LogP contribution in [0, 0.1) is 18.8 Å². The van der Waals surface area contributed by atoms with Crippen molar-refractivity contribution in [2.24, 2.45) is 11.8 Å². The van der Waals surface area contributed by atoms with Crippen LogP contribution in [0.3, 0.4) is 0 Å². The summed E-state index contributed by atoms with van der Waals surface area (Å²) in [6.45, 7) is 1.91. The predicted octanol–water partition coefficient (Wildman–Crippen LogP) is 2.98. The zero-order chi connectivity index (χ0) is 24.7. The van der Waals surface area contributed by atoms with E-state index in [1.807, 2.05) is 31.2 Å². The second-order valence-electron chi connectivity index (χ2n) is 9.44. The molecule has 0 radical (unpaired) electrons. The van der Waals surface area contributed by atoms with E-state index in [1.54, 1.807) is 24.3 Å². The molecule has 3 heterocycles. The van der Waals surface area contributed by atoms with Crippen molar-refractivity contribution in [3.8, 4) is 0 Å². The number of benzene rings is 2. The molecule has 5 atom stereocenters. The number of carbonyl (C=O) groups is 3. The zero-order valence-corrected chi connectivity index (χ0v) is 20.1. The average Bonchev–Trinajstić information content (AvgIpc) is 3.48. The highest BCUT2D eigenvalue weighted by atomic mass is 35.5. The lowest BCUT2D eigenvalue weighted by atomic mass is 9.70. The highest BCUT2D eigenvalue weighted by Gasteiger charge is 2.74. The van der Waals surface area contributed by atoms with Gasteiger partial charge in [-0.1, -0.05) is 41.9 Å². The number of anilines is 2. The summed E-state index contributed by atoms with van der Waals surface area (Å²) in [6.07, 6.45) is 0.955. The van der Waals surface area contributed by atoms with Crippen LogP contribution in [-0.4, -0.2) is 58.6 Å². The first-order chi connectivity index (χ1) is 16.9. The molecule has 9 heteroatoms. The van der Waals surface area contributed by atoms with Crippen molar-refractivity contribution in [2.75, 3.05) is 23.8 Å². The quantitative estimate of drug-likeness (QED) is 0.545. The summed E-state index contributed by atoms with van der Waals surface area (Å²) < 4.78 is 6.39. The van der Waals surface area contributed by atoms with Gasteiger partial charge in [0.15, 0.2) is 0 Å². The van der Waals surface area contributed by atoms with Crippen molar-refractivity contribution in [1.82, 2.24) is 4.90 Å². The summed E-state index contributed by atoms with van der Waals surface area (Å²) in [6, 6.07) is 13.5. The van der Waals surface area contributed by atoms with Gasteiger partial charge in [0.2, 0.25) is 17.7 Å². The minimum absolute atomic E-state index is 0.124. The Bertz CT molecular complexity index is 1140. The van der Waals surface area contributed by atoms with Crippen LogP contribution in [0.1, 0.15) is 24.8 Å². The Kier molecular flexibility index (Phi) is 6.29. The number of halogens is 1. The van der Waals surface area contributed by atoms with Gasteiger partial charge in [0.05, 0.1) is 28.6 Å². The number of nitrogens with zero attached hydrogens (tertiary/aromatic N) is 1. The summed E-state index contributed by atoms with van der Waals surface area (Å²) in [4.78, 5) is 42.3. The van der Waals surface area contributed by atoms with Crippen LogP contribution in [-0.2, 0) is 19.1 Å². The van der Waals surface area contributed by atoms with Crippen molar-refractivity contribution in [3.05, 3.63) is 59.1 Å². The molecule has 2 aromatic carbocycles. The molecule has 3 aliphatic heterocycles. The fraction of sp³-hybridized carbons (Fsp3) is 0.423. The van der Waals surface area contributed by atoms with E-state index in [0.717, 1.165) is 5.56 Å². The Labute approximate surface area is 208 Å². The number of rotatable bonds is 7. The van der Waals surface area contributed by atoms with E-state index in [0.29, 0.717) is 35.7 Å². The van der Waals surface area contributed by atoms with Gasteiger partial charge >= 0.3 is 0 Å². The summed E-state index contributed by atoms with van der Waals surface area (Å²) in [5.74, 6) is -2.45. The fourth-order valence-corrected chi connectivity index (χ4v) is 6.23.